The van der Waals surface area contributed by atoms with E-state index in [1.54, 1.807) is 6.92 Å². The van der Waals surface area contributed by atoms with Gasteiger partial charge in [-0.15, -0.1) is 10.2 Å². The van der Waals surface area contributed by atoms with Crippen molar-refractivity contribution in [1.29, 1.82) is 0 Å². The molecule has 1 saturated heterocycles. The van der Waals surface area contributed by atoms with Gasteiger partial charge in [-0.25, -0.2) is 4.98 Å². The van der Waals surface area contributed by atoms with Gasteiger partial charge in [0.2, 0.25) is 5.95 Å². The molecule has 0 radical (unpaired) electrons. The quantitative estimate of drug-likeness (QED) is 0.831. The Morgan fingerprint density at radius 3 is 2.26 bits per heavy atom. The number of phenols is 1. The van der Waals surface area contributed by atoms with Gasteiger partial charge in [0.05, 0.1) is 17.4 Å². The number of rotatable bonds is 2. The third-order valence-electron chi connectivity index (χ3n) is 4.90. The SMILES string of the molecule is Cc1nc(N2C[C@@H](C)C(O)[C@@H](C)C2)nnc1-c1ccc(C(F)(F)F)cc1O. The Bertz CT molecular complexity index is 832. The number of nitrogens with zero attached hydrogens (tertiary/aromatic N) is 4. The average Bonchev–Trinajstić information content (AvgIpc) is 2.58. The molecule has 1 aliphatic rings. The van der Waals surface area contributed by atoms with E-state index in [-0.39, 0.29) is 23.1 Å². The minimum absolute atomic E-state index is 0.0521. The standard InChI is InChI=1S/C18H21F3N4O2/c1-9-7-25(8-10(2)16(9)27)17-22-11(3)15(23-24-17)13-5-4-12(6-14(13)26)18(19,20)21/h4-6,9-10,16,26-27H,7-8H2,1-3H3/t9-,10+,16?. The van der Waals surface area contributed by atoms with Gasteiger partial charge in [0.1, 0.15) is 11.4 Å². The van der Waals surface area contributed by atoms with Gasteiger partial charge in [-0.3, -0.25) is 0 Å². The van der Waals surface area contributed by atoms with E-state index in [1.165, 1.54) is 0 Å². The highest BCUT2D eigenvalue weighted by molar-refractivity contribution is 5.69. The summed E-state index contributed by atoms with van der Waals surface area (Å²) in [7, 11) is 0. The summed E-state index contributed by atoms with van der Waals surface area (Å²) in [6.45, 7) is 6.72. The van der Waals surface area contributed by atoms with Crippen LogP contribution < -0.4 is 4.90 Å². The van der Waals surface area contributed by atoms with Gasteiger partial charge < -0.3 is 15.1 Å². The predicted molar refractivity (Wildman–Crippen MR) is 93.2 cm³/mol. The number of aromatic nitrogens is 3. The second-order valence-electron chi connectivity index (χ2n) is 7.13. The normalized spacial score (nSPS) is 23.5. The maximum absolute atomic E-state index is 12.8. The molecule has 9 heteroatoms. The van der Waals surface area contributed by atoms with Crippen LogP contribution in [0.5, 0.6) is 5.75 Å². The number of hydrogen-bond donors (Lipinski definition) is 2. The average molecular weight is 382 g/mol. The van der Waals surface area contributed by atoms with E-state index in [4.69, 9.17) is 0 Å². The summed E-state index contributed by atoms with van der Waals surface area (Å²) in [6, 6.07) is 2.72. The summed E-state index contributed by atoms with van der Waals surface area (Å²) >= 11 is 0. The van der Waals surface area contributed by atoms with Gasteiger partial charge in [0, 0.05) is 18.7 Å². The number of anilines is 1. The fraction of sp³-hybridized carbons (Fsp3) is 0.500. The summed E-state index contributed by atoms with van der Waals surface area (Å²) in [5, 5.41) is 28.3. The number of hydrogen-bond acceptors (Lipinski definition) is 6. The highest BCUT2D eigenvalue weighted by atomic mass is 19.4. The molecule has 3 rings (SSSR count). The van der Waals surface area contributed by atoms with Crippen LogP contribution in [0.2, 0.25) is 0 Å². The van der Waals surface area contributed by atoms with Crippen LogP contribution in [0.1, 0.15) is 25.1 Å². The lowest BCUT2D eigenvalue weighted by molar-refractivity contribution is -0.137. The van der Waals surface area contributed by atoms with Gasteiger partial charge in [0.15, 0.2) is 0 Å². The molecule has 3 atom stereocenters. The Morgan fingerprint density at radius 2 is 1.74 bits per heavy atom. The van der Waals surface area contributed by atoms with Crippen molar-refractivity contribution < 1.29 is 23.4 Å². The van der Waals surface area contributed by atoms with E-state index in [9.17, 15) is 23.4 Å². The number of benzene rings is 1. The topological polar surface area (TPSA) is 82.4 Å². The lowest BCUT2D eigenvalue weighted by Gasteiger charge is -2.38. The number of aliphatic hydroxyl groups is 1. The second-order valence-corrected chi connectivity index (χ2v) is 7.13. The molecule has 2 heterocycles. The molecule has 1 aromatic carbocycles. The molecule has 0 saturated carbocycles. The van der Waals surface area contributed by atoms with Crippen molar-refractivity contribution in [3.05, 3.63) is 29.5 Å². The number of alkyl halides is 3. The van der Waals surface area contributed by atoms with Crippen molar-refractivity contribution in [1.82, 2.24) is 15.2 Å². The number of aryl methyl sites for hydroxylation is 1. The molecule has 6 nitrogen and oxygen atoms in total. The van der Waals surface area contributed by atoms with Crippen LogP contribution in [0.3, 0.4) is 0 Å². The molecule has 27 heavy (non-hydrogen) atoms. The van der Waals surface area contributed by atoms with Gasteiger partial charge in [-0.05, 0) is 37.0 Å². The monoisotopic (exact) mass is 382 g/mol. The van der Waals surface area contributed by atoms with E-state index in [2.05, 4.69) is 15.2 Å². The Hall–Kier alpha value is -2.42. The van der Waals surface area contributed by atoms with Crippen molar-refractivity contribution in [2.24, 2.45) is 11.8 Å². The van der Waals surface area contributed by atoms with E-state index >= 15 is 0 Å². The van der Waals surface area contributed by atoms with E-state index < -0.39 is 23.6 Å². The summed E-state index contributed by atoms with van der Waals surface area (Å²) in [5.41, 5.74) is -0.124. The van der Waals surface area contributed by atoms with E-state index in [1.807, 2.05) is 18.7 Å². The zero-order chi connectivity index (χ0) is 19.9. The largest absolute Gasteiger partial charge is 0.507 e. The van der Waals surface area contributed by atoms with Crippen LogP contribution in [0.4, 0.5) is 19.1 Å². The molecule has 2 aromatic rings. The Labute approximate surface area is 154 Å². The van der Waals surface area contributed by atoms with E-state index in [0.29, 0.717) is 30.8 Å². The van der Waals surface area contributed by atoms with Crippen molar-refractivity contribution in [2.75, 3.05) is 18.0 Å². The zero-order valence-electron chi connectivity index (χ0n) is 15.2. The fourth-order valence-corrected chi connectivity index (χ4v) is 3.39. The molecule has 1 unspecified atom stereocenters. The molecular formula is C18H21F3N4O2. The maximum Gasteiger partial charge on any atom is 0.416 e. The Morgan fingerprint density at radius 1 is 1.11 bits per heavy atom. The van der Waals surface area contributed by atoms with Gasteiger partial charge >= 0.3 is 6.18 Å². The number of piperidine rings is 1. The molecule has 146 valence electrons. The molecule has 0 bridgehead atoms. The zero-order valence-corrected chi connectivity index (χ0v) is 15.2. The van der Waals surface area contributed by atoms with Crippen molar-refractivity contribution in [3.8, 4) is 17.0 Å². The number of phenolic OH excluding ortho intramolecular Hbond substituents is 1. The van der Waals surface area contributed by atoms with Gasteiger partial charge in [-0.2, -0.15) is 13.2 Å². The fourth-order valence-electron chi connectivity index (χ4n) is 3.39. The third kappa shape index (κ3) is 3.83. The number of aliphatic hydroxyl groups excluding tert-OH is 1. The van der Waals surface area contributed by atoms with Crippen molar-refractivity contribution in [3.63, 3.8) is 0 Å². The first-order valence-corrected chi connectivity index (χ1v) is 8.63. The molecule has 1 fully saturated rings. The molecule has 1 aliphatic heterocycles. The smallest absolute Gasteiger partial charge is 0.416 e. The Kier molecular flexibility index (Phi) is 4.98. The minimum atomic E-state index is -4.54. The van der Waals surface area contributed by atoms with Gasteiger partial charge in [-0.1, -0.05) is 13.8 Å². The van der Waals surface area contributed by atoms with Crippen molar-refractivity contribution in [2.45, 2.75) is 33.1 Å². The molecule has 1 aromatic heterocycles. The lowest BCUT2D eigenvalue weighted by Crippen LogP contribution is -2.48. The molecule has 0 aliphatic carbocycles. The number of halogens is 3. The molecule has 0 amide bonds. The first-order chi connectivity index (χ1) is 12.6. The maximum atomic E-state index is 12.8. The number of aromatic hydroxyl groups is 1. The third-order valence-corrected chi connectivity index (χ3v) is 4.90. The minimum Gasteiger partial charge on any atom is -0.507 e. The predicted octanol–water partition coefficient (Wildman–Crippen LogP) is 3.02. The highest BCUT2D eigenvalue weighted by Crippen LogP contribution is 2.36. The molecule has 2 N–H and O–H groups in total. The summed E-state index contributed by atoms with van der Waals surface area (Å²) in [5.74, 6) is -0.0269. The summed E-state index contributed by atoms with van der Waals surface area (Å²) in [4.78, 5) is 6.35. The first kappa shape index (κ1) is 19.3. The van der Waals surface area contributed by atoms with Crippen molar-refractivity contribution >= 4 is 5.95 Å². The van der Waals surface area contributed by atoms with E-state index in [0.717, 1.165) is 12.1 Å². The first-order valence-electron chi connectivity index (χ1n) is 8.63. The van der Waals surface area contributed by atoms with Crippen LogP contribution in [0, 0.1) is 18.8 Å². The Balaban J connectivity index is 1.90. The van der Waals surface area contributed by atoms with Crippen LogP contribution in [0.25, 0.3) is 11.3 Å². The summed E-state index contributed by atoms with van der Waals surface area (Å²) < 4.78 is 38.3. The van der Waals surface area contributed by atoms with Crippen LogP contribution in [-0.4, -0.2) is 44.6 Å². The molecule has 0 spiro atoms. The van der Waals surface area contributed by atoms with Crippen LogP contribution in [0.15, 0.2) is 18.2 Å². The van der Waals surface area contributed by atoms with Gasteiger partial charge in [0.25, 0.3) is 0 Å². The second kappa shape index (κ2) is 6.95. The van der Waals surface area contributed by atoms with Crippen LogP contribution in [-0.2, 0) is 6.18 Å². The lowest BCUT2D eigenvalue weighted by atomic mass is 9.88. The van der Waals surface area contributed by atoms with Crippen LogP contribution >= 0.6 is 0 Å². The summed E-state index contributed by atoms with van der Waals surface area (Å²) in [6.07, 6.45) is -4.93. The molecular weight excluding hydrogens is 361 g/mol. The highest BCUT2D eigenvalue weighted by Gasteiger charge is 2.33.